The van der Waals surface area contributed by atoms with Crippen molar-refractivity contribution in [1.82, 2.24) is 24.5 Å². The van der Waals surface area contributed by atoms with E-state index in [9.17, 15) is 8.42 Å². The van der Waals surface area contributed by atoms with E-state index in [0.29, 0.717) is 30.3 Å². The molecule has 0 aliphatic heterocycles. The smallest absolute Gasteiger partial charge is 0.211 e. The average Bonchev–Trinajstić information content (AvgIpc) is 2.97. The van der Waals surface area contributed by atoms with Gasteiger partial charge in [0.05, 0.1) is 5.75 Å². The van der Waals surface area contributed by atoms with E-state index in [1.807, 2.05) is 19.1 Å². The van der Waals surface area contributed by atoms with Crippen LogP contribution in [0.2, 0.25) is 0 Å². The van der Waals surface area contributed by atoms with Crippen LogP contribution in [0, 0.1) is 0 Å². The van der Waals surface area contributed by atoms with Crippen molar-refractivity contribution in [2.75, 3.05) is 37.4 Å². The summed E-state index contributed by atoms with van der Waals surface area (Å²) in [5, 5.41) is 15.8. The lowest BCUT2D eigenvalue weighted by Crippen LogP contribution is -2.27. The second-order valence-electron chi connectivity index (χ2n) is 5.13. The number of sulfonamides is 1. The Morgan fingerprint density at radius 3 is 2.79 bits per heavy atom. The molecule has 0 spiro atoms. The van der Waals surface area contributed by atoms with Gasteiger partial charge in [-0.25, -0.2) is 13.1 Å². The number of nitrogens with one attached hydrogen (secondary N) is 2. The molecule has 0 saturated carbocycles. The maximum atomic E-state index is 11.4. The molecular formula is C14H24N6O3S. The molecule has 24 heavy (non-hydrogen) atoms. The van der Waals surface area contributed by atoms with Crippen LogP contribution in [0.5, 0.6) is 0 Å². The average molecular weight is 356 g/mol. The maximum absolute atomic E-state index is 11.4. The number of ether oxygens (including phenoxy) is 1. The van der Waals surface area contributed by atoms with Gasteiger partial charge in [0, 0.05) is 32.7 Å². The minimum absolute atomic E-state index is 0.0572. The van der Waals surface area contributed by atoms with Crippen molar-refractivity contribution < 1.29 is 13.2 Å². The standard InChI is InChI=1S/C14H24N6O3S/c1-3-23-11-5-9-15-12-6-7-13-17-18-14(20(13)19-12)8-10-16-24(21,22)4-2/h6-7,16H,3-5,8-11H2,1-2H3,(H,15,19). The van der Waals surface area contributed by atoms with Crippen molar-refractivity contribution in [3.8, 4) is 0 Å². The molecule has 0 radical (unpaired) electrons. The summed E-state index contributed by atoms with van der Waals surface area (Å²) in [5.74, 6) is 1.39. The largest absolute Gasteiger partial charge is 0.382 e. The Morgan fingerprint density at radius 1 is 1.21 bits per heavy atom. The molecule has 134 valence electrons. The van der Waals surface area contributed by atoms with Crippen LogP contribution in [-0.2, 0) is 21.2 Å². The molecule has 0 amide bonds. The maximum Gasteiger partial charge on any atom is 0.211 e. The van der Waals surface area contributed by atoms with Gasteiger partial charge in [0.25, 0.3) is 0 Å². The molecule has 10 heteroatoms. The number of fused-ring (bicyclic) bond motifs is 1. The highest BCUT2D eigenvalue weighted by atomic mass is 32.2. The molecule has 0 fully saturated rings. The number of hydrogen-bond acceptors (Lipinski definition) is 7. The van der Waals surface area contributed by atoms with Gasteiger partial charge in [-0.2, -0.15) is 4.52 Å². The molecule has 0 unspecified atom stereocenters. The van der Waals surface area contributed by atoms with Crippen molar-refractivity contribution in [3.05, 3.63) is 18.0 Å². The summed E-state index contributed by atoms with van der Waals surface area (Å²) in [6.45, 7) is 6.02. The monoisotopic (exact) mass is 356 g/mol. The Hall–Kier alpha value is -1.78. The van der Waals surface area contributed by atoms with Crippen LogP contribution in [0.3, 0.4) is 0 Å². The Morgan fingerprint density at radius 2 is 2.04 bits per heavy atom. The fraction of sp³-hybridized carbons (Fsp3) is 0.643. The lowest BCUT2D eigenvalue weighted by atomic mass is 10.4. The van der Waals surface area contributed by atoms with Gasteiger partial charge < -0.3 is 10.1 Å². The fourth-order valence-electron chi connectivity index (χ4n) is 2.04. The SMILES string of the molecule is CCOCCCNc1ccc2nnc(CCNS(=O)(=O)CC)n2n1. The highest BCUT2D eigenvalue weighted by Gasteiger charge is 2.10. The fourth-order valence-corrected chi connectivity index (χ4v) is 2.66. The van der Waals surface area contributed by atoms with Gasteiger partial charge >= 0.3 is 0 Å². The number of aromatic nitrogens is 4. The Labute approximate surface area is 141 Å². The zero-order chi connectivity index (χ0) is 17.4. The lowest BCUT2D eigenvalue weighted by molar-refractivity contribution is 0.147. The third kappa shape index (κ3) is 5.39. The summed E-state index contributed by atoms with van der Waals surface area (Å²) >= 11 is 0. The summed E-state index contributed by atoms with van der Waals surface area (Å²) in [5.41, 5.74) is 0.628. The van der Waals surface area contributed by atoms with Gasteiger partial charge in [0.1, 0.15) is 5.82 Å². The van der Waals surface area contributed by atoms with E-state index >= 15 is 0 Å². The van der Waals surface area contributed by atoms with Crippen LogP contribution in [0.4, 0.5) is 5.82 Å². The van der Waals surface area contributed by atoms with E-state index in [1.54, 1.807) is 11.4 Å². The van der Waals surface area contributed by atoms with E-state index < -0.39 is 10.0 Å². The second-order valence-corrected chi connectivity index (χ2v) is 7.23. The lowest BCUT2D eigenvalue weighted by Gasteiger charge is -2.07. The molecule has 2 N–H and O–H groups in total. The summed E-state index contributed by atoms with van der Waals surface area (Å²) in [7, 11) is -3.21. The normalized spacial score (nSPS) is 11.9. The predicted molar refractivity (Wildman–Crippen MR) is 91.5 cm³/mol. The molecule has 0 aliphatic carbocycles. The third-order valence-corrected chi connectivity index (χ3v) is 4.76. The molecule has 0 aromatic carbocycles. The number of rotatable bonds is 11. The van der Waals surface area contributed by atoms with Gasteiger partial charge in [-0.1, -0.05) is 0 Å². The van der Waals surface area contributed by atoms with Gasteiger partial charge in [0.2, 0.25) is 10.0 Å². The first kappa shape index (κ1) is 18.6. The summed E-state index contributed by atoms with van der Waals surface area (Å²) in [6, 6.07) is 3.67. The molecular weight excluding hydrogens is 332 g/mol. The minimum atomic E-state index is -3.21. The molecule has 0 atom stereocenters. The van der Waals surface area contributed by atoms with Crippen molar-refractivity contribution in [2.45, 2.75) is 26.7 Å². The topological polar surface area (TPSA) is 111 Å². The van der Waals surface area contributed by atoms with Gasteiger partial charge in [-0.15, -0.1) is 15.3 Å². The van der Waals surface area contributed by atoms with E-state index in [1.165, 1.54) is 0 Å². The van der Waals surface area contributed by atoms with Crippen molar-refractivity contribution in [3.63, 3.8) is 0 Å². The summed E-state index contributed by atoms with van der Waals surface area (Å²) < 4.78 is 32.3. The highest BCUT2D eigenvalue weighted by molar-refractivity contribution is 7.89. The van der Waals surface area contributed by atoms with Crippen LogP contribution in [0.1, 0.15) is 26.1 Å². The van der Waals surface area contributed by atoms with Crippen molar-refractivity contribution in [2.24, 2.45) is 0 Å². The Kier molecular flexibility index (Phi) is 6.88. The molecule has 0 saturated heterocycles. The third-order valence-electron chi connectivity index (χ3n) is 3.35. The number of anilines is 1. The number of hydrogen-bond donors (Lipinski definition) is 2. The highest BCUT2D eigenvalue weighted by Crippen LogP contribution is 2.07. The van der Waals surface area contributed by atoms with Crippen molar-refractivity contribution in [1.29, 1.82) is 0 Å². The molecule has 2 heterocycles. The van der Waals surface area contributed by atoms with E-state index in [4.69, 9.17) is 4.74 Å². The zero-order valence-electron chi connectivity index (χ0n) is 14.0. The molecule has 0 aliphatic rings. The predicted octanol–water partition coefficient (Wildman–Crippen LogP) is 0.445. The zero-order valence-corrected chi connectivity index (χ0v) is 14.8. The summed E-state index contributed by atoms with van der Waals surface area (Å²) in [6.07, 6.45) is 1.31. The van der Waals surface area contributed by atoms with E-state index in [-0.39, 0.29) is 12.3 Å². The molecule has 0 bridgehead atoms. The van der Waals surface area contributed by atoms with Crippen LogP contribution >= 0.6 is 0 Å². The number of nitrogens with zero attached hydrogens (tertiary/aromatic N) is 4. The van der Waals surface area contributed by atoms with Crippen molar-refractivity contribution >= 4 is 21.5 Å². The van der Waals surface area contributed by atoms with E-state index in [2.05, 4.69) is 25.3 Å². The summed E-state index contributed by atoms with van der Waals surface area (Å²) in [4.78, 5) is 0. The second kappa shape index (κ2) is 8.90. The first-order chi connectivity index (χ1) is 11.6. The van der Waals surface area contributed by atoms with Crippen LogP contribution in [0.15, 0.2) is 12.1 Å². The minimum Gasteiger partial charge on any atom is -0.382 e. The Balaban J connectivity index is 1.95. The van der Waals surface area contributed by atoms with Gasteiger partial charge in [-0.05, 0) is 32.4 Å². The first-order valence-electron chi connectivity index (χ1n) is 8.06. The Bertz CT molecular complexity index is 746. The van der Waals surface area contributed by atoms with Crippen LogP contribution in [-0.4, -0.2) is 60.3 Å². The quantitative estimate of drug-likeness (QED) is 0.562. The molecule has 2 rings (SSSR count). The molecule has 2 aromatic rings. The van der Waals surface area contributed by atoms with Crippen LogP contribution < -0.4 is 10.0 Å². The van der Waals surface area contributed by atoms with E-state index in [0.717, 1.165) is 19.6 Å². The van der Waals surface area contributed by atoms with Gasteiger partial charge in [0.15, 0.2) is 11.5 Å². The van der Waals surface area contributed by atoms with Crippen LogP contribution in [0.25, 0.3) is 5.65 Å². The molecule has 9 nitrogen and oxygen atoms in total. The first-order valence-corrected chi connectivity index (χ1v) is 9.71. The molecule has 2 aromatic heterocycles. The van der Waals surface area contributed by atoms with Gasteiger partial charge in [-0.3, -0.25) is 0 Å².